The van der Waals surface area contributed by atoms with Gasteiger partial charge in [-0.1, -0.05) is 6.07 Å². The monoisotopic (exact) mass is 288 g/mol. The first-order valence-corrected chi connectivity index (χ1v) is 5.77. The molecule has 2 rings (SSSR count). The molecule has 1 aliphatic heterocycles. The van der Waals surface area contributed by atoms with Gasteiger partial charge in [-0.25, -0.2) is 9.59 Å². The molecule has 0 radical (unpaired) electrons. The maximum Gasteiger partial charge on any atom is 0.416 e. The Hall–Kier alpha value is -2.25. The smallest absolute Gasteiger partial charge is 0.416 e. The molecule has 0 saturated carbocycles. The summed E-state index contributed by atoms with van der Waals surface area (Å²) in [4.78, 5) is 22.7. The summed E-state index contributed by atoms with van der Waals surface area (Å²) in [6.07, 6.45) is -4.14. The second kappa shape index (κ2) is 5.40. The number of urea groups is 1. The second-order valence-electron chi connectivity index (χ2n) is 4.19. The molecule has 108 valence electrons. The highest BCUT2D eigenvalue weighted by Gasteiger charge is 2.31. The average Bonchev–Trinajstić information content (AvgIpc) is 2.74. The first kappa shape index (κ1) is 14.2. The molecular weight excluding hydrogens is 277 g/mol. The zero-order valence-electron chi connectivity index (χ0n) is 10.2. The third-order valence-electron chi connectivity index (χ3n) is 2.69. The summed E-state index contributed by atoms with van der Waals surface area (Å²) in [7, 11) is 0. The number of alkyl halides is 3. The van der Waals surface area contributed by atoms with E-state index >= 15 is 0 Å². The summed E-state index contributed by atoms with van der Waals surface area (Å²) in [5, 5.41) is 4.57. The number of amides is 2. The highest BCUT2D eigenvalue weighted by atomic mass is 19.4. The highest BCUT2D eigenvalue weighted by molar-refractivity contribution is 5.92. The molecule has 2 N–H and O–H groups in total. The van der Waals surface area contributed by atoms with Gasteiger partial charge < -0.3 is 15.4 Å². The Morgan fingerprint density at radius 3 is 2.70 bits per heavy atom. The minimum atomic E-state index is -4.48. The van der Waals surface area contributed by atoms with Crippen molar-refractivity contribution in [1.82, 2.24) is 5.32 Å². The van der Waals surface area contributed by atoms with Crippen LogP contribution in [-0.2, 0) is 15.7 Å². The van der Waals surface area contributed by atoms with Crippen LogP contribution in [0.5, 0.6) is 0 Å². The summed E-state index contributed by atoms with van der Waals surface area (Å²) < 4.78 is 42.1. The number of cyclic esters (lactones) is 1. The van der Waals surface area contributed by atoms with Crippen LogP contribution < -0.4 is 10.6 Å². The quantitative estimate of drug-likeness (QED) is 0.819. The van der Waals surface area contributed by atoms with Gasteiger partial charge >= 0.3 is 18.2 Å². The van der Waals surface area contributed by atoms with Gasteiger partial charge in [-0.3, -0.25) is 0 Å². The van der Waals surface area contributed by atoms with E-state index in [-0.39, 0.29) is 12.3 Å². The molecule has 2 amide bonds. The maximum absolute atomic E-state index is 12.5. The number of hydrogen-bond acceptors (Lipinski definition) is 3. The SMILES string of the molecule is O=C(Nc1cccc(C(F)(F)F)c1)NC1CCOC1=O. The Balaban J connectivity index is 1.99. The van der Waals surface area contributed by atoms with Crippen molar-refractivity contribution in [3.8, 4) is 0 Å². The molecule has 1 aromatic carbocycles. The Morgan fingerprint density at radius 2 is 2.10 bits per heavy atom. The molecule has 0 bridgehead atoms. The van der Waals surface area contributed by atoms with Crippen LogP contribution >= 0.6 is 0 Å². The van der Waals surface area contributed by atoms with E-state index < -0.39 is 29.8 Å². The van der Waals surface area contributed by atoms with E-state index in [1.165, 1.54) is 12.1 Å². The van der Waals surface area contributed by atoms with Gasteiger partial charge in [-0.15, -0.1) is 0 Å². The molecule has 1 saturated heterocycles. The highest BCUT2D eigenvalue weighted by Crippen LogP contribution is 2.30. The van der Waals surface area contributed by atoms with Gasteiger partial charge in [0, 0.05) is 12.1 Å². The van der Waals surface area contributed by atoms with Crippen molar-refractivity contribution in [2.45, 2.75) is 18.6 Å². The zero-order valence-corrected chi connectivity index (χ0v) is 10.2. The number of benzene rings is 1. The van der Waals surface area contributed by atoms with E-state index in [0.717, 1.165) is 12.1 Å². The van der Waals surface area contributed by atoms with Gasteiger partial charge in [0.05, 0.1) is 12.2 Å². The lowest BCUT2D eigenvalue weighted by Gasteiger charge is -2.12. The lowest BCUT2D eigenvalue weighted by molar-refractivity contribution is -0.139. The maximum atomic E-state index is 12.5. The summed E-state index contributed by atoms with van der Waals surface area (Å²) >= 11 is 0. The van der Waals surface area contributed by atoms with Crippen molar-refractivity contribution in [2.75, 3.05) is 11.9 Å². The lowest BCUT2D eigenvalue weighted by Crippen LogP contribution is -2.40. The van der Waals surface area contributed by atoms with Gasteiger partial charge in [0.25, 0.3) is 0 Å². The number of halogens is 3. The molecule has 1 fully saturated rings. The number of ether oxygens (including phenoxy) is 1. The average molecular weight is 288 g/mol. The molecule has 1 unspecified atom stereocenters. The molecule has 1 heterocycles. The molecule has 1 atom stereocenters. The predicted octanol–water partition coefficient (Wildman–Crippen LogP) is 2.14. The van der Waals surface area contributed by atoms with E-state index in [1.54, 1.807) is 0 Å². The van der Waals surface area contributed by atoms with Gasteiger partial charge in [0.15, 0.2) is 0 Å². The first-order chi connectivity index (χ1) is 9.36. The number of carbonyl (C=O) groups excluding carboxylic acids is 2. The fourth-order valence-corrected chi connectivity index (χ4v) is 1.73. The van der Waals surface area contributed by atoms with E-state index in [0.29, 0.717) is 6.42 Å². The van der Waals surface area contributed by atoms with Gasteiger partial charge in [-0.05, 0) is 18.2 Å². The molecular formula is C12H11F3N2O3. The molecule has 1 aromatic rings. The van der Waals surface area contributed by atoms with E-state index in [9.17, 15) is 22.8 Å². The van der Waals surface area contributed by atoms with Crippen LogP contribution in [-0.4, -0.2) is 24.6 Å². The largest absolute Gasteiger partial charge is 0.464 e. The lowest BCUT2D eigenvalue weighted by atomic mass is 10.2. The van der Waals surface area contributed by atoms with Crippen molar-refractivity contribution in [1.29, 1.82) is 0 Å². The van der Waals surface area contributed by atoms with Crippen LogP contribution in [0.15, 0.2) is 24.3 Å². The molecule has 0 aromatic heterocycles. The van der Waals surface area contributed by atoms with Gasteiger partial charge in [0.2, 0.25) is 0 Å². The number of hydrogen-bond donors (Lipinski definition) is 2. The van der Waals surface area contributed by atoms with Gasteiger partial charge in [-0.2, -0.15) is 13.2 Å². The zero-order chi connectivity index (χ0) is 14.8. The van der Waals surface area contributed by atoms with Crippen LogP contribution in [0.25, 0.3) is 0 Å². The minimum Gasteiger partial charge on any atom is -0.464 e. The normalized spacial score (nSPS) is 18.6. The number of anilines is 1. The summed E-state index contributed by atoms with van der Waals surface area (Å²) in [6.45, 7) is 0.216. The van der Waals surface area contributed by atoms with E-state index in [1.807, 2.05) is 0 Å². The van der Waals surface area contributed by atoms with Crippen molar-refractivity contribution in [3.05, 3.63) is 29.8 Å². The molecule has 1 aliphatic rings. The van der Waals surface area contributed by atoms with Crippen molar-refractivity contribution in [2.24, 2.45) is 0 Å². The minimum absolute atomic E-state index is 0.0105. The van der Waals surface area contributed by atoms with Gasteiger partial charge in [0.1, 0.15) is 6.04 Å². The Bertz CT molecular complexity index is 531. The summed E-state index contributed by atoms with van der Waals surface area (Å²) in [5.41, 5.74) is -0.876. The fraction of sp³-hybridized carbons (Fsp3) is 0.333. The van der Waals surface area contributed by atoms with E-state index in [4.69, 9.17) is 0 Å². The molecule has 0 aliphatic carbocycles. The third-order valence-corrected chi connectivity index (χ3v) is 2.69. The molecule has 8 heteroatoms. The number of nitrogens with one attached hydrogen (secondary N) is 2. The standard InChI is InChI=1S/C12H11F3N2O3/c13-12(14,15)7-2-1-3-8(6-7)16-11(19)17-9-4-5-20-10(9)18/h1-3,6,9H,4-5H2,(H2,16,17,19). The Labute approximate surface area is 112 Å². The van der Waals surface area contributed by atoms with Crippen LogP contribution in [0, 0.1) is 0 Å². The first-order valence-electron chi connectivity index (χ1n) is 5.77. The third kappa shape index (κ3) is 3.40. The predicted molar refractivity (Wildman–Crippen MR) is 63.0 cm³/mol. The second-order valence-corrected chi connectivity index (χ2v) is 4.19. The molecule has 20 heavy (non-hydrogen) atoms. The Kier molecular flexibility index (Phi) is 3.82. The van der Waals surface area contributed by atoms with Crippen LogP contribution in [0.1, 0.15) is 12.0 Å². The van der Waals surface area contributed by atoms with Crippen molar-refractivity contribution < 1.29 is 27.5 Å². The van der Waals surface area contributed by atoms with Crippen LogP contribution in [0.4, 0.5) is 23.7 Å². The number of esters is 1. The Morgan fingerprint density at radius 1 is 1.35 bits per heavy atom. The summed E-state index contributed by atoms with van der Waals surface area (Å²) in [5.74, 6) is -0.552. The number of rotatable bonds is 2. The van der Waals surface area contributed by atoms with Crippen LogP contribution in [0.3, 0.4) is 0 Å². The van der Waals surface area contributed by atoms with Crippen molar-refractivity contribution >= 4 is 17.7 Å². The van der Waals surface area contributed by atoms with Crippen LogP contribution in [0.2, 0.25) is 0 Å². The van der Waals surface area contributed by atoms with E-state index in [2.05, 4.69) is 15.4 Å². The fourth-order valence-electron chi connectivity index (χ4n) is 1.73. The summed E-state index contributed by atoms with van der Waals surface area (Å²) in [6, 6.07) is 2.70. The number of carbonyl (C=O) groups is 2. The molecule has 5 nitrogen and oxygen atoms in total. The topological polar surface area (TPSA) is 67.4 Å². The molecule has 0 spiro atoms. The van der Waals surface area contributed by atoms with Crippen molar-refractivity contribution in [3.63, 3.8) is 0 Å².